The number of alkyl halides is 3. The Hall–Kier alpha value is -3.62. The average Bonchev–Trinajstić information content (AvgIpc) is 3.22. The summed E-state index contributed by atoms with van der Waals surface area (Å²) in [5.74, 6) is -2.61. The summed E-state index contributed by atoms with van der Waals surface area (Å²) in [4.78, 5) is 30.4. The fraction of sp³-hybridized carbons (Fsp3) is 0.292. The summed E-state index contributed by atoms with van der Waals surface area (Å²) in [6.45, 7) is 2.69. The second-order valence-corrected chi connectivity index (χ2v) is 8.37. The van der Waals surface area contributed by atoms with Gasteiger partial charge in [-0.15, -0.1) is 0 Å². The average molecular weight is 457 g/mol. The van der Waals surface area contributed by atoms with Gasteiger partial charge in [-0.05, 0) is 23.8 Å². The summed E-state index contributed by atoms with van der Waals surface area (Å²) in [6.07, 6.45) is -3.33. The minimum Gasteiger partial charge on any atom is -0.456 e. The number of carbonyl (C=O) groups is 2. The van der Waals surface area contributed by atoms with Crippen LogP contribution < -0.4 is 4.90 Å². The van der Waals surface area contributed by atoms with Crippen LogP contribution in [0.4, 0.5) is 18.9 Å². The van der Waals surface area contributed by atoms with Gasteiger partial charge >= 0.3 is 12.1 Å². The molecule has 0 aliphatic carbocycles. The molecule has 9 heteroatoms. The molecule has 0 radical (unpaired) electrons. The molecule has 0 spiro atoms. The fourth-order valence-electron chi connectivity index (χ4n) is 4.23. The van der Waals surface area contributed by atoms with Crippen molar-refractivity contribution in [3.05, 3.63) is 71.7 Å². The molecule has 1 aromatic heterocycles. The number of halogens is 3. The number of allylic oxidation sites excluding steroid dienone is 1. The molecule has 6 nitrogen and oxygen atoms in total. The number of benzene rings is 2. The van der Waals surface area contributed by atoms with E-state index in [0.29, 0.717) is 0 Å². The van der Waals surface area contributed by atoms with Crippen LogP contribution in [0, 0.1) is 0 Å². The van der Waals surface area contributed by atoms with Gasteiger partial charge in [0.2, 0.25) is 5.82 Å². The zero-order valence-corrected chi connectivity index (χ0v) is 18.3. The molecule has 0 saturated carbocycles. The Kier molecular flexibility index (Phi) is 5.51. The molecule has 3 aromatic rings. The van der Waals surface area contributed by atoms with Gasteiger partial charge in [-0.1, -0.05) is 44.2 Å². The standard InChI is InChI=1S/C24H22F3N3O3/c1-23(2)16-8-4-6-10-18(16)29(3)20(23)12-15(31)14-33-21(32)13-30-19-11-7-5-9-17(19)28-22(30)24(25,26)27/h4-12H,13-14H2,1-3H3. The lowest BCUT2D eigenvalue weighted by atomic mass is 9.83. The van der Waals surface area contributed by atoms with Gasteiger partial charge in [0, 0.05) is 29.9 Å². The number of esters is 1. The highest BCUT2D eigenvalue weighted by Gasteiger charge is 2.39. The summed E-state index contributed by atoms with van der Waals surface area (Å²) >= 11 is 0. The van der Waals surface area contributed by atoms with Gasteiger partial charge in [-0.25, -0.2) is 4.98 Å². The molecule has 0 atom stereocenters. The smallest absolute Gasteiger partial charge is 0.449 e. The van der Waals surface area contributed by atoms with Crippen LogP contribution in [0.1, 0.15) is 25.2 Å². The summed E-state index contributed by atoms with van der Waals surface area (Å²) in [7, 11) is 1.85. The first-order valence-corrected chi connectivity index (χ1v) is 10.3. The van der Waals surface area contributed by atoms with Crippen molar-refractivity contribution < 1.29 is 27.5 Å². The Morgan fingerprint density at radius 1 is 1.09 bits per heavy atom. The van der Waals surface area contributed by atoms with Crippen LogP contribution in [-0.2, 0) is 32.5 Å². The van der Waals surface area contributed by atoms with E-state index in [0.717, 1.165) is 21.5 Å². The Bertz CT molecular complexity index is 1270. The SMILES string of the molecule is CN1C(=CC(=O)COC(=O)Cn2c(C(F)(F)F)nc3ccccc32)C(C)(C)c2ccccc21. The third-order valence-electron chi connectivity index (χ3n) is 5.81. The van der Waals surface area contributed by atoms with Crippen molar-refractivity contribution in [2.24, 2.45) is 0 Å². The lowest BCUT2D eigenvalue weighted by Gasteiger charge is -2.23. The Labute approximate surface area is 188 Å². The highest BCUT2D eigenvalue weighted by molar-refractivity contribution is 5.94. The van der Waals surface area contributed by atoms with Crippen molar-refractivity contribution in [3.8, 4) is 0 Å². The van der Waals surface area contributed by atoms with Gasteiger partial charge in [-0.2, -0.15) is 13.2 Å². The van der Waals surface area contributed by atoms with Gasteiger partial charge in [0.25, 0.3) is 0 Å². The highest BCUT2D eigenvalue weighted by Crippen LogP contribution is 2.46. The van der Waals surface area contributed by atoms with Crippen LogP contribution >= 0.6 is 0 Å². The van der Waals surface area contributed by atoms with Crippen LogP contribution in [0.25, 0.3) is 11.0 Å². The summed E-state index contributed by atoms with van der Waals surface area (Å²) in [5, 5.41) is 0. The van der Waals surface area contributed by atoms with Crippen molar-refractivity contribution in [2.75, 3.05) is 18.6 Å². The van der Waals surface area contributed by atoms with Gasteiger partial charge in [-0.3, -0.25) is 9.59 Å². The number of likely N-dealkylation sites (N-methyl/N-ethyl adjacent to an activating group) is 1. The predicted octanol–water partition coefficient (Wildman–Crippen LogP) is 4.48. The van der Waals surface area contributed by atoms with Crippen LogP contribution in [0.5, 0.6) is 0 Å². The number of rotatable bonds is 5. The molecule has 0 N–H and O–H groups in total. The van der Waals surface area contributed by atoms with Crippen molar-refractivity contribution in [1.29, 1.82) is 0 Å². The molecule has 1 aliphatic heterocycles. The zero-order chi connectivity index (χ0) is 24.0. The largest absolute Gasteiger partial charge is 0.456 e. The second kappa shape index (κ2) is 8.06. The molecule has 0 bridgehead atoms. The Morgan fingerprint density at radius 2 is 1.76 bits per heavy atom. The number of nitrogens with zero attached hydrogens (tertiary/aromatic N) is 3. The number of hydrogen-bond donors (Lipinski definition) is 0. The molecular weight excluding hydrogens is 435 g/mol. The van der Waals surface area contributed by atoms with E-state index in [1.54, 1.807) is 12.1 Å². The first-order chi connectivity index (χ1) is 15.5. The van der Waals surface area contributed by atoms with E-state index in [9.17, 15) is 22.8 Å². The van der Waals surface area contributed by atoms with Crippen LogP contribution in [-0.4, -0.2) is 35.0 Å². The monoisotopic (exact) mass is 457 g/mol. The van der Waals surface area contributed by atoms with Crippen LogP contribution in [0.3, 0.4) is 0 Å². The number of hydrogen-bond acceptors (Lipinski definition) is 5. The van der Waals surface area contributed by atoms with Gasteiger partial charge < -0.3 is 14.2 Å². The van der Waals surface area contributed by atoms with E-state index in [1.165, 1.54) is 18.2 Å². The maximum Gasteiger partial charge on any atom is 0.449 e. The number of fused-ring (bicyclic) bond motifs is 2. The molecule has 2 aromatic carbocycles. The molecule has 0 amide bonds. The number of ketones is 1. The molecule has 172 valence electrons. The van der Waals surface area contributed by atoms with Gasteiger partial charge in [0.1, 0.15) is 6.54 Å². The van der Waals surface area contributed by atoms with E-state index in [1.807, 2.05) is 50.1 Å². The summed E-state index contributed by atoms with van der Waals surface area (Å²) in [5.41, 5.74) is 2.62. The van der Waals surface area contributed by atoms with Crippen LogP contribution in [0.15, 0.2) is 60.3 Å². The summed E-state index contributed by atoms with van der Waals surface area (Å²) in [6, 6.07) is 13.8. The number of ether oxygens (including phenoxy) is 1. The van der Waals surface area contributed by atoms with E-state index in [2.05, 4.69) is 4.98 Å². The minimum absolute atomic E-state index is 0.115. The van der Waals surface area contributed by atoms with Crippen LogP contribution in [0.2, 0.25) is 0 Å². The van der Waals surface area contributed by atoms with Crippen molar-refractivity contribution in [2.45, 2.75) is 32.0 Å². The number of imidazole rings is 1. The zero-order valence-electron chi connectivity index (χ0n) is 18.3. The van der Waals surface area contributed by atoms with Crippen molar-refractivity contribution in [1.82, 2.24) is 9.55 Å². The predicted molar refractivity (Wildman–Crippen MR) is 117 cm³/mol. The lowest BCUT2D eigenvalue weighted by Crippen LogP contribution is -2.25. The minimum atomic E-state index is -4.74. The molecule has 1 aliphatic rings. The number of anilines is 1. The van der Waals surface area contributed by atoms with E-state index in [-0.39, 0.29) is 11.0 Å². The first kappa shape index (κ1) is 22.6. The molecule has 0 fully saturated rings. The lowest BCUT2D eigenvalue weighted by molar-refractivity contribution is -0.152. The topological polar surface area (TPSA) is 64.4 Å². The third-order valence-corrected chi connectivity index (χ3v) is 5.81. The molecule has 33 heavy (non-hydrogen) atoms. The second-order valence-electron chi connectivity index (χ2n) is 8.37. The molecule has 0 unspecified atom stereocenters. The number of para-hydroxylation sites is 3. The maximum atomic E-state index is 13.4. The summed E-state index contributed by atoms with van der Waals surface area (Å²) < 4.78 is 46.0. The van der Waals surface area contributed by atoms with E-state index < -0.39 is 42.3 Å². The van der Waals surface area contributed by atoms with E-state index in [4.69, 9.17) is 4.74 Å². The fourth-order valence-corrected chi connectivity index (χ4v) is 4.23. The first-order valence-electron chi connectivity index (χ1n) is 10.3. The van der Waals surface area contributed by atoms with Gasteiger partial charge in [0.05, 0.1) is 11.0 Å². The van der Waals surface area contributed by atoms with Crippen molar-refractivity contribution >= 4 is 28.5 Å². The molecular formula is C24H22F3N3O3. The van der Waals surface area contributed by atoms with E-state index >= 15 is 0 Å². The molecule has 0 saturated heterocycles. The molecule has 4 rings (SSSR count). The van der Waals surface area contributed by atoms with Crippen molar-refractivity contribution in [3.63, 3.8) is 0 Å². The highest BCUT2D eigenvalue weighted by atomic mass is 19.4. The third kappa shape index (κ3) is 4.10. The quantitative estimate of drug-likeness (QED) is 0.418. The Morgan fingerprint density at radius 3 is 2.45 bits per heavy atom. The molecule has 2 heterocycles. The maximum absolute atomic E-state index is 13.4. The number of carbonyl (C=O) groups excluding carboxylic acids is 2. The Balaban J connectivity index is 1.48. The van der Waals surface area contributed by atoms with Gasteiger partial charge in [0.15, 0.2) is 12.4 Å². The number of aromatic nitrogens is 2. The normalized spacial score (nSPS) is 16.3.